The second-order valence-electron chi connectivity index (χ2n) is 7.29. The van der Waals surface area contributed by atoms with Crippen LogP contribution in [-0.2, 0) is 16.4 Å². The normalized spacial score (nSPS) is 13.3. The first-order chi connectivity index (χ1) is 14.8. The number of sulfonamides is 1. The molecule has 3 aromatic rings. The Balaban J connectivity index is 1.52. The predicted octanol–water partition coefficient (Wildman–Crippen LogP) is 2.99. The third-order valence-electron chi connectivity index (χ3n) is 5.11. The third kappa shape index (κ3) is 3.97. The van der Waals surface area contributed by atoms with E-state index < -0.39 is 10.0 Å². The van der Waals surface area contributed by atoms with Gasteiger partial charge in [0.15, 0.2) is 5.76 Å². The van der Waals surface area contributed by atoms with Crippen molar-refractivity contribution in [1.29, 1.82) is 0 Å². The summed E-state index contributed by atoms with van der Waals surface area (Å²) >= 11 is 0. The molecule has 0 aliphatic carbocycles. The molecular formula is C22H21N3O5S. The van der Waals surface area contributed by atoms with Crippen molar-refractivity contribution in [2.45, 2.75) is 11.3 Å². The van der Waals surface area contributed by atoms with Gasteiger partial charge in [-0.3, -0.25) is 9.59 Å². The highest BCUT2D eigenvalue weighted by atomic mass is 32.2. The molecular weight excluding hydrogens is 418 g/mol. The lowest BCUT2D eigenvalue weighted by molar-refractivity contribution is 0.0962. The van der Waals surface area contributed by atoms with Crippen molar-refractivity contribution in [3.05, 3.63) is 77.7 Å². The Kier molecular flexibility index (Phi) is 5.38. The van der Waals surface area contributed by atoms with Gasteiger partial charge in [0.1, 0.15) is 0 Å². The highest BCUT2D eigenvalue weighted by molar-refractivity contribution is 7.89. The lowest BCUT2D eigenvalue weighted by Crippen LogP contribution is -2.28. The Morgan fingerprint density at radius 3 is 2.45 bits per heavy atom. The van der Waals surface area contributed by atoms with Crippen LogP contribution in [0.15, 0.2) is 70.2 Å². The fourth-order valence-electron chi connectivity index (χ4n) is 3.39. The van der Waals surface area contributed by atoms with Gasteiger partial charge in [0.05, 0.1) is 11.2 Å². The molecule has 1 N–H and O–H groups in total. The zero-order chi connectivity index (χ0) is 22.2. The fraction of sp³-hybridized carbons (Fsp3) is 0.182. The molecule has 0 unspecified atom stereocenters. The molecule has 9 heteroatoms. The van der Waals surface area contributed by atoms with E-state index in [1.165, 1.54) is 44.6 Å². The van der Waals surface area contributed by atoms with Crippen molar-refractivity contribution in [3.8, 4) is 0 Å². The number of furan rings is 1. The van der Waals surface area contributed by atoms with Crippen molar-refractivity contribution in [1.82, 2.24) is 4.31 Å². The lowest BCUT2D eigenvalue weighted by atomic mass is 10.1. The van der Waals surface area contributed by atoms with Crippen molar-refractivity contribution in [3.63, 3.8) is 0 Å². The van der Waals surface area contributed by atoms with E-state index in [2.05, 4.69) is 5.32 Å². The number of carbonyl (C=O) groups is 2. The van der Waals surface area contributed by atoms with Crippen molar-refractivity contribution in [2.24, 2.45) is 0 Å². The summed E-state index contributed by atoms with van der Waals surface area (Å²) < 4.78 is 30.7. The first-order valence-electron chi connectivity index (χ1n) is 9.59. The second-order valence-corrected chi connectivity index (χ2v) is 9.45. The van der Waals surface area contributed by atoms with Crippen molar-refractivity contribution in [2.75, 3.05) is 30.9 Å². The summed E-state index contributed by atoms with van der Waals surface area (Å²) in [6.45, 7) is 0.536. The van der Waals surface area contributed by atoms with Gasteiger partial charge >= 0.3 is 0 Å². The number of nitrogens with one attached hydrogen (secondary N) is 1. The third-order valence-corrected chi connectivity index (χ3v) is 6.94. The van der Waals surface area contributed by atoms with E-state index in [0.29, 0.717) is 17.8 Å². The monoisotopic (exact) mass is 439 g/mol. The lowest BCUT2D eigenvalue weighted by Gasteiger charge is -2.17. The first kappa shape index (κ1) is 20.8. The van der Waals surface area contributed by atoms with Crippen LogP contribution in [0, 0.1) is 0 Å². The van der Waals surface area contributed by atoms with E-state index in [1.807, 2.05) is 6.07 Å². The molecule has 31 heavy (non-hydrogen) atoms. The van der Waals surface area contributed by atoms with Crippen LogP contribution in [0.3, 0.4) is 0 Å². The quantitative estimate of drug-likeness (QED) is 0.659. The topological polar surface area (TPSA) is 99.9 Å². The first-order valence-corrected chi connectivity index (χ1v) is 11.0. The Hall–Kier alpha value is -3.43. The van der Waals surface area contributed by atoms with Crippen LogP contribution in [0.1, 0.15) is 26.5 Å². The van der Waals surface area contributed by atoms with E-state index in [9.17, 15) is 18.0 Å². The van der Waals surface area contributed by atoms with E-state index in [0.717, 1.165) is 22.0 Å². The molecule has 0 atom stereocenters. The smallest absolute Gasteiger partial charge is 0.293 e. The van der Waals surface area contributed by atoms with Gasteiger partial charge in [-0.25, -0.2) is 12.7 Å². The number of anilines is 2. The summed E-state index contributed by atoms with van der Waals surface area (Å²) in [7, 11) is -0.665. The maximum atomic E-state index is 12.7. The molecule has 1 aliphatic heterocycles. The molecule has 0 saturated carbocycles. The summed E-state index contributed by atoms with van der Waals surface area (Å²) in [4.78, 5) is 27.1. The molecule has 160 valence electrons. The zero-order valence-corrected chi connectivity index (χ0v) is 17.8. The Morgan fingerprint density at radius 2 is 1.81 bits per heavy atom. The number of carbonyl (C=O) groups excluding carboxylic acids is 2. The standard InChI is InChI=1S/C22H21N3O5S/c1-24(2)31(28,29)18-9-6-16(7-10-18)21(26)23-17-8-5-15-11-12-25(19(15)14-17)22(27)20-4-3-13-30-20/h3-10,13-14H,11-12H2,1-2H3,(H,23,26). The maximum Gasteiger partial charge on any atom is 0.293 e. The van der Waals surface area contributed by atoms with Gasteiger partial charge in [-0.05, 0) is 60.5 Å². The van der Waals surface area contributed by atoms with E-state index in [-0.39, 0.29) is 22.5 Å². The van der Waals surface area contributed by atoms with Crippen LogP contribution in [0.25, 0.3) is 0 Å². The van der Waals surface area contributed by atoms with Gasteiger partial charge in [-0.15, -0.1) is 0 Å². The average molecular weight is 439 g/mol. The van der Waals surface area contributed by atoms with Gasteiger partial charge in [0.2, 0.25) is 10.0 Å². The SMILES string of the molecule is CN(C)S(=O)(=O)c1ccc(C(=O)Nc2ccc3c(c2)N(C(=O)c2ccco2)CC3)cc1. The molecule has 8 nitrogen and oxygen atoms in total. The van der Waals surface area contributed by atoms with Crippen LogP contribution < -0.4 is 10.2 Å². The number of fused-ring (bicyclic) bond motifs is 1. The Bertz CT molecular complexity index is 1230. The molecule has 2 aromatic carbocycles. The minimum atomic E-state index is -3.56. The van der Waals surface area contributed by atoms with Gasteiger partial charge in [-0.2, -0.15) is 0 Å². The maximum absolute atomic E-state index is 12.7. The minimum absolute atomic E-state index is 0.110. The van der Waals surface area contributed by atoms with Crippen molar-refractivity contribution >= 4 is 33.2 Å². The van der Waals surface area contributed by atoms with E-state index >= 15 is 0 Å². The largest absolute Gasteiger partial charge is 0.459 e. The Morgan fingerprint density at radius 1 is 1.06 bits per heavy atom. The molecule has 1 aromatic heterocycles. The van der Waals surface area contributed by atoms with Gasteiger partial charge in [-0.1, -0.05) is 6.07 Å². The second kappa shape index (κ2) is 8.01. The molecule has 0 saturated heterocycles. The summed E-state index contributed by atoms with van der Waals surface area (Å²) in [5.41, 5.74) is 2.59. The molecule has 0 fully saturated rings. The van der Waals surface area contributed by atoms with E-state index in [1.54, 1.807) is 29.2 Å². The molecule has 0 bridgehead atoms. The number of hydrogen-bond acceptors (Lipinski definition) is 5. The minimum Gasteiger partial charge on any atom is -0.459 e. The Labute approximate surface area is 180 Å². The molecule has 2 heterocycles. The molecule has 2 amide bonds. The molecule has 1 aliphatic rings. The average Bonchev–Trinajstić information content (AvgIpc) is 3.43. The molecule has 0 radical (unpaired) electrons. The molecule has 0 spiro atoms. The van der Waals surface area contributed by atoms with Gasteiger partial charge in [0.25, 0.3) is 11.8 Å². The number of rotatable bonds is 5. The number of hydrogen-bond donors (Lipinski definition) is 1. The van der Waals surface area contributed by atoms with E-state index in [4.69, 9.17) is 4.42 Å². The number of nitrogens with zero attached hydrogens (tertiary/aromatic N) is 2. The highest BCUT2D eigenvalue weighted by Gasteiger charge is 2.27. The molecule has 4 rings (SSSR count). The van der Waals surface area contributed by atoms with Crippen LogP contribution >= 0.6 is 0 Å². The van der Waals surface area contributed by atoms with Crippen LogP contribution in [0.2, 0.25) is 0 Å². The summed E-state index contributed by atoms with van der Waals surface area (Å²) in [6, 6.07) is 14.4. The predicted molar refractivity (Wildman–Crippen MR) is 116 cm³/mol. The summed E-state index contributed by atoms with van der Waals surface area (Å²) in [5, 5.41) is 2.80. The van der Waals surface area contributed by atoms with Gasteiger partial charge in [0, 0.05) is 37.6 Å². The van der Waals surface area contributed by atoms with Crippen molar-refractivity contribution < 1.29 is 22.4 Å². The fourth-order valence-corrected chi connectivity index (χ4v) is 4.30. The highest BCUT2D eigenvalue weighted by Crippen LogP contribution is 2.32. The van der Waals surface area contributed by atoms with Crippen LogP contribution in [0.4, 0.5) is 11.4 Å². The summed E-state index contributed by atoms with van der Waals surface area (Å²) in [6.07, 6.45) is 2.17. The van der Waals surface area contributed by atoms with Crippen LogP contribution in [0.5, 0.6) is 0 Å². The number of amides is 2. The zero-order valence-electron chi connectivity index (χ0n) is 17.0. The number of benzene rings is 2. The summed E-state index contributed by atoms with van der Waals surface area (Å²) in [5.74, 6) is -0.351. The van der Waals surface area contributed by atoms with Gasteiger partial charge < -0.3 is 14.6 Å². The van der Waals surface area contributed by atoms with Crippen LogP contribution in [-0.4, -0.2) is 45.2 Å².